The molecule has 56 heavy (non-hydrogen) atoms. The summed E-state index contributed by atoms with van der Waals surface area (Å²) in [6.07, 6.45) is 0. The number of hydrogen-bond acceptors (Lipinski definition) is 3. The monoisotopic (exact) mass is 716 g/mol. The van der Waals surface area contributed by atoms with E-state index in [0.717, 1.165) is 50.9 Å². The molecule has 264 valence electrons. The van der Waals surface area contributed by atoms with Crippen molar-refractivity contribution >= 4 is 66.7 Å². The summed E-state index contributed by atoms with van der Waals surface area (Å²) in [5.74, 6) is 0. The molecule has 0 N–H and O–H groups in total. The highest BCUT2D eigenvalue weighted by Crippen LogP contribution is 2.45. The van der Waals surface area contributed by atoms with E-state index in [1.807, 2.05) is 24.3 Å². The number of anilines is 6. The standard InChI is InChI=1S/C52H36N4/c1-36-17-25-45(26-18-36)54(46-27-19-37(35-53)20-28-46)47-29-23-38(24-30-47)41-31-39-21-22-40-32-48(55(42-11-5-2-6-12-42)43-13-7-3-8-14-43)34-50-52(40)51(39)49(33-41)56(50)44-15-9-4-10-16-44/h2-34H,1H3. The molecule has 9 aromatic carbocycles. The third-order valence-corrected chi connectivity index (χ3v) is 10.8. The molecule has 0 amide bonds. The van der Waals surface area contributed by atoms with Crippen LogP contribution in [0.5, 0.6) is 0 Å². The molecule has 0 radical (unpaired) electrons. The Balaban J connectivity index is 1.14. The van der Waals surface area contributed by atoms with Crippen LogP contribution in [0, 0.1) is 18.3 Å². The van der Waals surface area contributed by atoms with E-state index >= 15 is 0 Å². The fourth-order valence-electron chi connectivity index (χ4n) is 8.13. The largest absolute Gasteiger partial charge is 0.311 e. The second-order valence-corrected chi connectivity index (χ2v) is 14.3. The number of para-hydroxylation sites is 3. The molecule has 10 rings (SSSR count). The van der Waals surface area contributed by atoms with Crippen LogP contribution < -0.4 is 9.80 Å². The van der Waals surface area contributed by atoms with Gasteiger partial charge in [-0.1, -0.05) is 96.6 Å². The number of nitriles is 1. The average Bonchev–Trinajstić information content (AvgIpc) is 3.60. The van der Waals surface area contributed by atoms with E-state index in [1.54, 1.807) is 0 Å². The molecule has 0 spiro atoms. The highest BCUT2D eigenvalue weighted by atomic mass is 15.1. The average molecular weight is 717 g/mol. The van der Waals surface area contributed by atoms with Crippen molar-refractivity contribution in [1.29, 1.82) is 5.26 Å². The maximum absolute atomic E-state index is 9.45. The van der Waals surface area contributed by atoms with Crippen molar-refractivity contribution in [3.63, 3.8) is 0 Å². The van der Waals surface area contributed by atoms with Crippen LogP contribution in [-0.2, 0) is 0 Å². The Hall–Kier alpha value is -7.61. The molecule has 0 bridgehead atoms. The zero-order chi connectivity index (χ0) is 37.6. The fraction of sp³-hybridized carbons (Fsp3) is 0.0192. The van der Waals surface area contributed by atoms with E-state index in [9.17, 15) is 5.26 Å². The van der Waals surface area contributed by atoms with Gasteiger partial charge in [0.15, 0.2) is 0 Å². The molecule has 0 fully saturated rings. The molecule has 0 aliphatic carbocycles. The van der Waals surface area contributed by atoms with Crippen LogP contribution in [0.15, 0.2) is 200 Å². The Bertz CT molecular complexity index is 2960. The molecule has 0 aliphatic heterocycles. The summed E-state index contributed by atoms with van der Waals surface area (Å²) in [7, 11) is 0. The van der Waals surface area contributed by atoms with Crippen molar-refractivity contribution < 1.29 is 0 Å². The number of aryl methyl sites for hydroxylation is 1. The maximum atomic E-state index is 9.45. The van der Waals surface area contributed by atoms with E-state index in [1.165, 1.54) is 38.1 Å². The lowest BCUT2D eigenvalue weighted by Crippen LogP contribution is -2.10. The van der Waals surface area contributed by atoms with Gasteiger partial charge in [0.1, 0.15) is 0 Å². The third-order valence-electron chi connectivity index (χ3n) is 10.8. The van der Waals surface area contributed by atoms with Gasteiger partial charge in [0, 0.05) is 50.6 Å². The van der Waals surface area contributed by atoms with Gasteiger partial charge in [-0.25, -0.2) is 0 Å². The van der Waals surface area contributed by atoms with Gasteiger partial charge in [0.05, 0.1) is 22.7 Å². The van der Waals surface area contributed by atoms with E-state index < -0.39 is 0 Å². The molecule has 0 saturated heterocycles. The second kappa shape index (κ2) is 13.7. The summed E-state index contributed by atoms with van der Waals surface area (Å²) >= 11 is 0. The van der Waals surface area contributed by atoms with E-state index in [4.69, 9.17) is 0 Å². The highest BCUT2D eigenvalue weighted by molar-refractivity contribution is 6.26. The molecule has 4 nitrogen and oxygen atoms in total. The topological polar surface area (TPSA) is 35.2 Å². The van der Waals surface area contributed by atoms with Crippen molar-refractivity contribution in [1.82, 2.24) is 4.57 Å². The van der Waals surface area contributed by atoms with Gasteiger partial charge in [0.2, 0.25) is 0 Å². The van der Waals surface area contributed by atoms with Crippen LogP contribution in [-0.4, -0.2) is 4.57 Å². The van der Waals surface area contributed by atoms with Gasteiger partial charge in [-0.15, -0.1) is 0 Å². The van der Waals surface area contributed by atoms with Crippen LogP contribution in [0.25, 0.3) is 49.4 Å². The van der Waals surface area contributed by atoms with Gasteiger partial charge in [-0.2, -0.15) is 5.26 Å². The number of rotatable bonds is 8. The molecule has 1 aromatic heterocycles. The summed E-state index contributed by atoms with van der Waals surface area (Å²) in [5, 5.41) is 14.4. The van der Waals surface area contributed by atoms with Crippen LogP contribution in [0.4, 0.5) is 34.1 Å². The van der Waals surface area contributed by atoms with Crippen molar-refractivity contribution in [2.45, 2.75) is 6.92 Å². The fourth-order valence-corrected chi connectivity index (χ4v) is 8.13. The summed E-state index contributed by atoms with van der Waals surface area (Å²) in [5.41, 5.74) is 14.0. The molecule has 0 saturated carbocycles. The first-order valence-corrected chi connectivity index (χ1v) is 18.9. The van der Waals surface area contributed by atoms with Crippen LogP contribution >= 0.6 is 0 Å². The minimum atomic E-state index is 0.641. The van der Waals surface area contributed by atoms with Crippen LogP contribution in [0.3, 0.4) is 0 Å². The van der Waals surface area contributed by atoms with Crippen molar-refractivity contribution in [3.8, 4) is 22.9 Å². The first-order chi connectivity index (χ1) is 27.6. The van der Waals surface area contributed by atoms with Gasteiger partial charge in [-0.3, -0.25) is 0 Å². The lowest BCUT2D eigenvalue weighted by atomic mass is 9.96. The molecule has 10 aromatic rings. The number of aromatic nitrogens is 1. The van der Waals surface area contributed by atoms with Gasteiger partial charge in [-0.05, 0) is 138 Å². The van der Waals surface area contributed by atoms with Crippen molar-refractivity contribution in [2.75, 3.05) is 9.80 Å². The lowest BCUT2D eigenvalue weighted by Gasteiger charge is -2.26. The van der Waals surface area contributed by atoms with E-state index in [2.05, 4.69) is 203 Å². The SMILES string of the molecule is Cc1ccc(N(c2ccc(C#N)cc2)c2ccc(-c3cc4ccc5cc(N(c6ccccc6)c6ccccc6)cc6c5c4c(c3)n6-c3ccccc3)cc2)cc1. The minimum Gasteiger partial charge on any atom is -0.311 e. The minimum absolute atomic E-state index is 0.641. The Morgan fingerprint density at radius 3 is 1.45 bits per heavy atom. The summed E-state index contributed by atoms with van der Waals surface area (Å²) in [4.78, 5) is 4.58. The van der Waals surface area contributed by atoms with Gasteiger partial charge >= 0.3 is 0 Å². The Morgan fingerprint density at radius 2 is 0.875 bits per heavy atom. The molecule has 0 atom stereocenters. The zero-order valence-corrected chi connectivity index (χ0v) is 30.8. The third kappa shape index (κ3) is 5.71. The Morgan fingerprint density at radius 1 is 0.411 bits per heavy atom. The summed E-state index contributed by atoms with van der Waals surface area (Å²) < 4.78 is 2.43. The van der Waals surface area contributed by atoms with Crippen LogP contribution in [0.2, 0.25) is 0 Å². The molecule has 1 heterocycles. The molecule has 0 aliphatic rings. The van der Waals surface area contributed by atoms with Crippen molar-refractivity contribution in [3.05, 3.63) is 211 Å². The number of benzene rings is 9. The first-order valence-electron chi connectivity index (χ1n) is 18.9. The number of nitrogens with zero attached hydrogens (tertiary/aromatic N) is 4. The highest BCUT2D eigenvalue weighted by Gasteiger charge is 2.22. The van der Waals surface area contributed by atoms with Gasteiger partial charge < -0.3 is 14.4 Å². The normalized spacial score (nSPS) is 11.3. The zero-order valence-electron chi connectivity index (χ0n) is 30.8. The van der Waals surface area contributed by atoms with Gasteiger partial charge in [0.25, 0.3) is 0 Å². The molecular weight excluding hydrogens is 681 g/mol. The van der Waals surface area contributed by atoms with E-state index in [-0.39, 0.29) is 0 Å². The van der Waals surface area contributed by atoms with Crippen LogP contribution in [0.1, 0.15) is 11.1 Å². The predicted molar refractivity (Wildman–Crippen MR) is 234 cm³/mol. The predicted octanol–water partition coefficient (Wildman–Crippen LogP) is 14.2. The van der Waals surface area contributed by atoms with E-state index in [0.29, 0.717) is 5.56 Å². The number of hydrogen-bond donors (Lipinski definition) is 0. The molecule has 4 heteroatoms. The lowest BCUT2D eigenvalue weighted by molar-refractivity contribution is 1.18. The first kappa shape index (κ1) is 33.0. The summed E-state index contributed by atoms with van der Waals surface area (Å²) in [6, 6.07) is 73.3. The molecular formula is C52H36N4. The maximum Gasteiger partial charge on any atom is 0.0991 e. The Kier molecular flexibility index (Phi) is 8.05. The quantitative estimate of drug-likeness (QED) is 0.147. The molecule has 0 unspecified atom stereocenters. The van der Waals surface area contributed by atoms with Crippen molar-refractivity contribution in [2.24, 2.45) is 0 Å². The smallest absolute Gasteiger partial charge is 0.0991 e. The second-order valence-electron chi connectivity index (χ2n) is 14.3. The Labute approximate surface area is 326 Å². The summed E-state index contributed by atoms with van der Waals surface area (Å²) in [6.45, 7) is 2.10.